The number of aliphatic carboxylic acids is 2. The van der Waals surface area contributed by atoms with Crippen molar-refractivity contribution < 1.29 is 24.6 Å². The van der Waals surface area contributed by atoms with E-state index in [-0.39, 0.29) is 25.8 Å². The van der Waals surface area contributed by atoms with Crippen molar-refractivity contribution in [1.29, 1.82) is 0 Å². The van der Waals surface area contributed by atoms with Gasteiger partial charge in [0.1, 0.15) is 6.04 Å². The first-order chi connectivity index (χ1) is 16.4. The van der Waals surface area contributed by atoms with Crippen LogP contribution in [-0.4, -0.2) is 46.7 Å². The second kappa shape index (κ2) is 12.3. The van der Waals surface area contributed by atoms with Gasteiger partial charge < -0.3 is 15.5 Å². The van der Waals surface area contributed by atoms with E-state index in [9.17, 15) is 19.5 Å². The summed E-state index contributed by atoms with van der Waals surface area (Å²) in [5.74, 6) is -2.52. The fourth-order valence-electron chi connectivity index (χ4n) is 3.65. The lowest BCUT2D eigenvalue weighted by Crippen LogP contribution is -2.53. The van der Waals surface area contributed by atoms with E-state index in [1.54, 1.807) is 0 Å². The summed E-state index contributed by atoms with van der Waals surface area (Å²) >= 11 is 0. The van der Waals surface area contributed by atoms with E-state index in [1.165, 1.54) is 0 Å². The highest BCUT2D eigenvalue weighted by atomic mass is 16.4. The summed E-state index contributed by atoms with van der Waals surface area (Å²) in [6.07, 6.45) is 0.255. The molecule has 7 heteroatoms. The number of rotatable bonds is 12. The minimum atomic E-state index is -1.06. The lowest BCUT2D eigenvalue weighted by atomic mass is 9.99. The van der Waals surface area contributed by atoms with Crippen LogP contribution in [-0.2, 0) is 27.2 Å². The molecule has 0 aliphatic heterocycles. The number of hydrogen-bond donors (Lipinski definition) is 4. The maximum absolute atomic E-state index is 12.9. The van der Waals surface area contributed by atoms with Crippen molar-refractivity contribution in [2.24, 2.45) is 0 Å². The zero-order valence-electron chi connectivity index (χ0n) is 18.7. The Kier molecular flexibility index (Phi) is 8.94. The van der Waals surface area contributed by atoms with Gasteiger partial charge in [-0.1, -0.05) is 84.9 Å². The molecule has 0 heterocycles. The molecular weight excluding hydrogens is 432 g/mol. The van der Waals surface area contributed by atoms with Crippen molar-refractivity contribution >= 4 is 17.8 Å². The Morgan fingerprint density at radius 1 is 0.676 bits per heavy atom. The fourth-order valence-corrected chi connectivity index (χ4v) is 3.65. The van der Waals surface area contributed by atoms with Crippen LogP contribution in [0.5, 0.6) is 0 Å². The number of amides is 1. The van der Waals surface area contributed by atoms with Crippen LogP contribution in [0.15, 0.2) is 84.9 Å². The molecule has 3 aromatic carbocycles. The molecule has 0 radical (unpaired) electrons. The van der Waals surface area contributed by atoms with Crippen molar-refractivity contribution in [3.8, 4) is 11.1 Å². The molecule has 0 saturated carbocycles. The van der Waals surface area contributed by atoms with Gasteiger partial charge in [0.05, 0.1) is 12.5 Å². The van der Waals surface area contributed by atoms with Crippen LogP contribution in [0.2, 0.25) is 0 Å². The number of carboxylic acids is 2. The Balaban J connectivity index is 1.76. The highest BCUT2D eigenvalue weighted by Gasteiger charge is 2.26. The fraction of sp³-hybridized carbons (Fsp3) is 0.222. The molecule has 0 spiro atoms. The Labute approximate surface area is 198 Å². The molecule has 0 bridgehead atoms. The van der Waals surface area contributed by atoms with Crippen molar-refractivity contribution in [3.05, 3.63) is 96.1 Å². The van der Waals surface area contributed by atoms with Gasteiger partial charge in [-0.25, -0.2) is 0 Å². The smallest absolute Gasteiger partial charge is 0.321 e. The minimum absolute atomic E-state index is 0.0320. The van der Waals surface area contributed by atoms with Crippen molar-refractivity contribution in [2.45, 2.75) is 31.3 Å². The highest BCUT2D eigenvalue weighted by Crippen LogP contribution is 2.20. The Morgan fingerprint density at radius 2 is 1.21 bits per heavy atom. The minimum Gasteiger partial charge on any atom is -0.481 e. The SMILES string of the molecule is O=C(O)CCNC(=O)[C@H](Cc1ccc(-c2ccccc2)cc1)NC(Cc1ccccc1)C(=O)O. The van der Waals surface area contributed by atoms with Crippen LogP contribution in [0.1, 0.15) is 17.5 Å². The van der Waals surface area contributed by atoms with E-state index < -0.39 is 29.9 Å². The molecule has 0 aliphatic carbocycles. The number of benzene rings is 3. The lowest BCUT2D eigenvalue weighted by molar-refractivity contribution is -0.140. The molecule has 3 rings (SSSR count). The maximum Gasteiger partial charge on any atom is 0.321 e. The van der Waals surface area contributed by atoms with Crippen molar-refractivity contribution in [2.75, 3.05) is 6.54 Å². The third kappa shape index (κ3) is 7.56. The molecule has 1 amide bonds. The average Bonchev–Trinajstić information content (AvgIpc) is 2.84. The van der Waals surface area contributed by atoms with Crippen LogP contribution >= 0.6 is 0 Å². The number of hydrogen-bond acceptors (Lipinski definition) is 4. The van der Waals surface area contributed by atoms with Crippen LogP contribution in [0, 0.1) is 0 Å². The van der Waals surface area contributed by atoms with Gasteiger partial charge >= 0.3 is 11.9 Å². The van der Waals surface area contributed by atoms with Gasteiger partial charge in [0.2, 0.25) is 5.91 Å². The predicted octanol–water partition coefficient (Wildman–Crippen LogP) is 3.14. The van der Waals surface area contributed by atoms with E-state index in [4.69, 9.17) is 5.11 Å². The van der Waals surface area contributed by atoms with Gasteiger partial charge in [-0.2, -0.15) is 0 Å². The number of nitrogens with one attached hydrogen (secondary N) is 2. The summed E-state index contributed by atoms with van der Waals surface area (Å²) in [5.41, 5.74) is 3.80. The molecule has 176 valence electrons. The number of carbonyl (C=O) groups is 3. The average molecular weight is 461 g/mol. The second-order valence-electron chi connectivity index (χ2n) is 8.00. The zero-order valence-corrected chi connectivity index (χ0v) is 18.7. The summed E-state index contributed by atoms with van der Waals surface area (Å²) in [4.78, 5) is 35.6. The first kappa shape index (κ1) is 24.7. The van der Waals surface area contributed by atoms with Crippen LogP contribution in [0.4, 0.5) is 0 Å². The maximum atomic E-state index is 12.9. The first-order valence-electron chi connectivity index (χ1n) is 11.1. The lowest BCUT2D eigenvalue weighted by Gasteiger charge is -2.23. The normalized spacial score (nSPS) is 12.5. The van der Waals surface area contributed by atoms with Crippen LogP contribution in [0.25, 0.3) is 11.1 Å². The Morgan fingerprint density at radius 3 is 1.79 bits per heavy atom. The van der Waals surface area contributed by atoms with E-state index in [1.807, 2.05) is 84.9 Å². The molecule has 4 N–H and O–H groups in total. The summed E-state index contributed by atoms with van der Waals surface area (Å²) < 4.78 is 0. The van der Waals surface area contributed by atoms with Gasteiger partial charge in [0.15, 0.2) is 0 Å². The summed E-state index contributed by atoms with van der Waals surface area (Å²) in [5, 5.41) is 24.2. The summed E-state index contributed by atoms with van der Waals surface area (Å²) in [7, 11) is 0. The van der Waals surface area contributed by atoms with Crippen molar-refractivity contribution in [3.63, 3.8) is 0 Å². The standard InChI is InChI=1S/C27H28N2O5/c30-25(31)15-16-28-26(32)23(29-24(27(33)34)18-19-7-3-1-4-8-19)17-20-11-13-22(14-12-20)21-9-5-2-6-10-21/h1-14,23-24,29H,15-18H2,(H,28,32)(H,30,31)(H,33,34)/t23-,24?/m0/s1. The topological polar surface area (TPSA) is 116 Å². The second-order valence-corrected chi connectivity index (χ2v) is 8.00. The molecule has 3 aromatic rings. The molecule has 1 unspecified atom stereocenters. The highest BCUT2D eigenvalue weighted by molar-refractivity contribution is 5.84. The first-order valence-corrected chi connectivity index (χ1v) is 11.1. The predicted molar refractivity (Wildman–Crippen MR) is 129 cm³/mol. The number of carbonyl (C=O) groups excluding carboxylic acids is 1. The van der Waals surface area contributed by atoms with Crippen molar-refractivity contribution in [1.82, 2.24) is 10.6 Å². The molecule has 0 fully saturated rings. The zero-order chi connectivity index (χ0) is 24.3. The molecule has 0 saturated heterocycles. The van der Waals surface area contributed by atoms with E-state index in [2.05, 4.69) is 10.6 Å². The quantitative estimate of drug-likeness (QED) is 0.330. The molecule has 2 atom stereocenters. The third-order valence-corrected chi connectivity index (χ3v) is 5.44. The van der Waals surface area contributed by atoms with Crippen LogP contribution in [0.3, 0.4) is 0 Å². The van der Waals surface area contributed by atoms with E-state index in [0.717, 1.165) is 22.3 Å². The Hall–Kier alpha value is -3.97. The van der Waals surface area contributed by atoms with Crippen LogP contribution < -0.4 is 10.6 Å². The third-order valence-electron chi connectivity index (χ3n) is 5.44. The molecule has 7 nitrogen and oxygen atoms in total. The van der Waals surface area contributed by atoms with Gasteiger partial charge in [-0.15, -0.1) is 0 Å². The monoisotopic (exact) mass is 460 g/mol. The largest absolute Gasteiger partial charge is 0.481 e. The Bertz CT molecular complexity index is 1090. The summed E-state index contributed by atoms with van der Waals surface area (Å²) in [6, 6.07) is 25.0. The van der Waals surface area contributed by atoms with Gasteiger partial charge in [0.25, 0.3) is 0 Å². The molecule has 0 aliphatic rings. The van der Waals surface area contributed by atoms with Gasteiger partial charge in [-0.3, -0.25) is 19.7 Å². The molecular formula is C27H28N2O5. The van der Waals surface area contributed by atoms with E-state index >= 15 is 0 Å². The van der Waals surface area contributed by atoms with Gasteiger partial charge in [0, 0.05) is 6.54 Å². The van der Waals surface area contributed by atoms with E-state index in [0.29, 0.717) is 0 Å². The molecule has 0 aromatic heterocycles. The summed E-state index contributed by atoms with van der Waals surface area (Å²) in [6.45, 7) is -0.0320. The molecule has 34 heavy (non-hydrogen) atoms. The number of carboxylic acid groups (broad SMARTS) is 2. The van der Waals surface area contributed by atoms with Gasteiger partial charge in [-0.05, 0) is 35.1 Å².